The van der Waals surface area contributed by atoms with Crippen LogP contribution in [0.3, 0.4) is 0 Å². The summed E-state index contributed by atoms with van der Waals surface area (Å²) in [5.74, 6) is -0.401. The number of nitro groups is 1. The Labute approximate surface area is 108 Å². The lowest BCUT2D eigenvalue weighted by Crippen LogP contribution is -2.42. The summed E-state index contributed by atoms with van der Waals surface area (Å²) in [5, 5.41) is 34.1. The molecule has 0 heterocycles. The zero-order valence-electron chi connectivity index (χ0n) is 10.1. The molecule has 3 N–H and O–H groups in total. The quantitative estimate of drug-likeness (QED) is 0.305. The SMILES string of the molecule is CC(=O)N[C@@H](CO)/C(=N\O)c1ccc([N+](=O)[O-])cc1. The van der Waals surface area contributed by atoms with Gasteiger partial charge >= 0.3 is 0 Å². The fraction of sp³-hybridized carbons (Fsp3) is 0.273. The normalized spacial score (nSPS) is 12.8. The number of benzene rings is 1. The first-order valence-electron chi connectivity index (χ1n) is 5.34. The molecule has 1 amide bonds. The molecule has 0 radical (unpaired) electrons. The third-order valence-electron chi connectivity index (χ3n) is 2.37. The zero-order valence-corrected chi connectivity index (χ0v) is 10.1. The number of nitrogens with one attached hydrogen (secondary N) is 1. The van der Waals surface area contributed by atoms with Crippen LogP contribution in [0.1, 0.15) is 12.5 Å². The lowest BCUT2D eigenvalue weighted by Gasteiger charge is -2.16. The summed E-state index contributed by atoms with van der Waals surface area (Å²) in [5.41, 5.74) is 0.273. The van der Waals surface area contributed by atoms with E-state index in [4.69, 9.17) is 10.3 Å². The molecule has 0 bridgehead atoms. The lowest BCUT2D eigenvalue weighted by atomic mass is 10.0. The van der Waals surface area contributed by atoms with E-state index in [2.05, 4.69) is 10.5 Å². The van der Waals surface area contributed by atoms with Crippen molar-refractivity contribution >= 4 is 17.3 Å². The third-order valence-corrected chi connectivity index (χ3v) is 2.37. The Morgan fingerprint density at radius 1 is 1.47 bits per heavy atom. The minimum atomic E-state index is -0.885. The number of carbonyl (C=O) groups excluding carboxylic acids is 1. The molecule has 1 aromatic rings. The average Bonchev–Trinajstić information content (AvgIpc) is 2.38. The Hall–Kier alpha value is -2.48. The molecule has 0 aliphatic rings. The van der Waals surface area contributed by atoms with E-state index in [1.54, 1.807) is 0 Å². The van der Waals surface area contributed by atoms with Crippen molar-refractivity contribution in [3.63, 3.8) is 0 Å². The maximum absolute atomic E-state index is 11.0. The molecule has 0 saturated carbocycles. The van der Waals surface area contributed by atoms with Gasteiger partial charge in [-0.15, -0.1) is 0 Å². The van der Waals surface area contributed by atoms with Crippen LogP contribution in [-0.2, 0) is 4.79 Å². The standard InChI is InChI=1S/C11H13N3O5/c1-7(16)12-10(6-15)11(13-17)8-2-4-9(5-3-8)14(18)19/h2-5,10,15,17H,6H2,1H3,(H,12,16)/b13-11-/t10-/m0/s1. The fourth-order valence-electron chi connectivity index (χ4n) is 1.53. The summed E-state index contributed by atoms with van der Waals surface area (Å²) in [6.07, 6.45) is 0. The minimum Gasteiger partial charge on any atom is -0.411 e. The molecule has 102 valence electrons. The van der Waals surface area contributed by atoms with E-state index >= 15 is 0 Å². The smallest absolute Gasteiger partial charge is 0.269 e. The van der Waals surface area contributed by atoms with Crippen molar-refractivity contribution in [2.24, 2.45) is 5.16 Å². The second-order valence-electron chi connectivity index (χ2n) is 3.72. The molecule has 0 unspecified atom stereocenters. The molecule has 0 saturated heterocycles. The molecule has 1 aromatic carbocycles. The fourth-order valence-corrected chi connectivity index (χ4v) is 1.53. The minimum absolute atomic E-state index is 0.0209. The molecular formula is C11H13N3O5. The number of amides is 1. The number of carbonyl (C=O) groups is 1. The summed E-state index contributed by atoms with van der Waals surface area (Å²) in [7, 11) is 0. The lowest BCUT2D eigenvalue weighted by molar-refractivity contribution is -0.384. The number of nitrogens with zero attached hydrogens (tertiary/aromatic N) is 2. The Morgan fingerprint density at radius 2 is 2.05 bits per heavy atom. The van der Waals surface area contributed by atoms with E-state index < -0.39 is 23.5 Å². The van der Waals surface area contributed by atoms with Crippen LogP contribution in [0.2, 0.25) is 0 Å². The average molecular weight is 267 g/mol. The highest BCUT2D eigenvalue weighted by molar-refractivity contribution is 6.05. The molecular weight excluding hydrogens is 254 g/mol. The Balaban J connectivity index is 3.02. The van der Waals surface area contributed by atoms with Crippen LogP contribution in [-0.4, -0.2) is 39.5 Å². The molecule has 0 spiro atoms. The maximum atomic E-state index is 11.0. The van der Waals surface area contributed by atoms with Crippen LogP contribution in [0.25, 0.3) is 0 Å². The van der Waals surface area contributed by atoms with Gasteiger partial charge in [0.25, 0.3) is 5.69 Å². The molecule has 8 nitrogen and oxygen atoms in total. The van der Waals surface area contributed by atoms with Crippen LogP contribution in [0.15, 0.2) is 29.4 Å². The highest BCUT2D eigenvalue weighted by Gasteiger charge is 2.19. The van der Waals surface area contributed by atoms with Gasteiger partial charge < -0.3 is 15.6 Å². The van der Waals surface area contributed by atoms with Crippen molar-refractivity contribution in [1.82, 2.24) is 5.32 Å². The summed E-state index contributed by atoms with van der Waals surface area (Å²) >= 11 is 0. The molecule has 0 aliphatic heterocycles. The first-order valence-corrected chi connectivity index (χ1v) is 5.34. The number of oxime groups is 1. The van der Waals surface area contributed by atoms with E-state index in [1.165, 1.54) is 31.2 Å². The van der Waals surface area contributed by atoms with E-state index in [0.717, 1.165) is 0 Å². The second kappa shape index (κ2) is 6.45. The van der Waals surface area contributed by atoms with Crippen molar-refractivity contribution in [3.8, 4) is 0 Å². The Bertz CT molecular complexity index is 498. The van der Waals surface area contributed by atoms with E-state index in [1.807, 2.05) is 0 Å². The molecule has 0 aliphatic carbocycles. The van der Waals surface area contributed by atoms with Crippen molar-refractivity contribution in [2.45, 2.75) is 13.0 Å². The van der Waals surface area contributed by atoms with Crippen LogP contribution >= 0.6 is 0 Å². The first-order chi connectivity index (χ1) is 8.99. The van der Waals surface area contributed by atoms with Gasteiger partial charge in [-0.1, -0.05) is 5.16 Å². The topological polar surface area (TPSA) is 125 Å². The Morgan fingerprint density at radius 3 is 2.42 bits per heavy atom. The van der Waals surface area contributed by atoms with Crippen LogP contribution < -0.4 is 5.32 Å². The number of rotatable bonds is 5. The van der Waals surface area contributed by atoms with Gasteiger partial charge in [0, 0.05) is 24.6 Å². The van der Waals surface area contributed by atoms with E-state index in [-0.39, 0.29) is 11.4 Å². The number of hydrogen-bond acceptors (Lipinski definition) is 6. The van der Waals surface area contributed by atoms with Gasteiger partial charge in [-0.05, 0) is 12.1 Å². The van der Waals surface area contributed by atoms with Crippen LogP contribution in [0, 0.1) is 10.1 Å². The zero-order chi connectivity index (χ0) is 14.4. The van der Waals surface area contributed by atoms with Gasteiger partial charge in [-0.3, -0.25) is 14.9 Å². The van der Waals surface area contributed by atoms with Crippen LogP contribution in [0.5, 0.6) is 0 Å². The van der Waals surface area contributed by atoms with Gasteiger partial charge in [-0.25, -0.2) is 0 Å². The molecule has 1 rings (SSSR count). The maximum Gasteiger partial charge on any atom is 0.269 e. The number of nitro benzene ring substituents is 1. The van der Waals surface area contributed by atoms with Gasteiger partial charge in [0.15, 0.2) is 0 Å². The summed E-state index contributed by atoms with van der Waals surface area (Å²) in [6, 6.07) is 4.34. The second-order valence-corrected chi connectivity index (χ2v) is 3.72. The third kappa shape index (κ3) is 3.75. The van der Waals surface area contributed by atoms with E-state index in [0.29, 0.717) is 5.56 Å². The molecule has 19 heavy (non-hydrogen) atoms. The molecule has 0 aromatic heterocycles. The molecule has 1 atom stereocenters. The predicted octanol–water partition coefficient (Wildman–Crippen LogP) is 0.270. The predicted molar refractivity (Wildman–Crippen MR) is 66.1 cm³/mol. The van der Waals surface area contributed by atoms with Crippen molar-refractivity contribution < 1.29 is 20.0 Å². The van der Waals surface area contributed by atoms with Crippen molar-refractivity contribution in [2.75, 3.05) is 6.61 Å². The Kier molecular flexibility index (Phi) is 4.95. The van der Waals surface area contributed by atoms with Gasteiger partial charge in [0.05, 0.1) is 17.6 Å². The van der Waals surface area contributed by atoms with Gasteiger partial charge in [-0.2, -0.15) is 0 Å². The number of hydrogen-bond donors (Lipinski definition) is 3. The molecule has 0 fully saturated rings. The van der Waals surface area contributed by atoms with Crippen molar-refractivity contribution in [3.05, 3.63) is 39.9 Å². The van der Waals surface area contributed by atoms with Crippen LogP contribution in [0.4, 0.5) is 5.69 Å². The van der Waals surface area contributed by atoms with Gasteiger partial charge in [0.2, 0.25) is 5.91 Å². The largest absolute Gasteiger partial charge is 0.411 e. The number of aliphatic hydroxyl groups is 1. The van der Waals surface area contributed by atoms with Crippen molar-refractivity contribution in [1.29, 1.82) is 0 Å². The van der Waals surface area contributed by atoms with E-state index in [9.17, 15) is 14.9 Å². The first kappa shape index (κ1) is 14.6. The van der Waals surface area contributed by atoms with Gasteiger partial charge in [0.1, 0.15) is 5.71 Å². The summed E-state index contributed by atoms with van der Waals surface area (Å²) < 4.78 is 0. The summed E-state index contributed by atoms with van der Waals surface area (Å²) in [4.78, 5) is 20.9. The number of aliphatic hydroxyl groups excluding tert-OH is 1. The monoisotopic (exact) mass is 267 g/mol. The molecule has 8 heteroatoms. The highest BCUT2D eigenvalue weighted by Crippen LogP contribution is 2.13. The number of non-ortho nitro benzene ring substituents is 1. The highest BCUT2D eigenvalue weighted by atomic mass is 16.6. The summed E-state index contributed by atoms with van der Waals surface area (Å²) in [6.45, 7) is 0.795.